The maximum atomic E-state index is 12.2. The molecule has 1 heterocycles. The first-order valence-corrected chi connectivity index (χ1v) is 7.01. The molecule has 5 heteroatoms. The maximum absolute atomic E-state index is 12.2. The molecular formula is C14H16N2O2S. The van der Waals surface area contributed by atoms with Gasteiger partial charge in [-0.25, -0.2) is 0 Å². The van der Waals surface area contributed by atoms with E-state index >= 15 is 0 Å². The van der Waals surface area contributed by atoms with Crippen LogP contribution in [0.2, 0.25) is 0 Å². The second-order valence-electron chi connectivity index (χ2n) is 4.03. The summed E-state index contributed by atoms with van der Waals surface area (Å²) in [6, 6.07) is 7.19. The van der Waals surface area contributed by atoms with Crippen molar-refractivity contribution in [3.63, 3.8) is 0 Å². The van der Waals surface area contributed by atoms with E-state index in [9.17, 15) is 4.79 Å². The van der Waals surface area contributed by atoms with E-state index in [0.717, 1.165) is 4.88 Å². The van der Waals surface area contributed by atoms with Crippen LogP contribution in [0.3, 0.4) is 0 Å². The molecule has 2 aromatic rings. The SMILES string of the molecule is CCOc1ccccc1C(=O)N[C@@H](C)c1cncs1. The topological polar surface area (TPSA) is 51.2 Å². The number of para-hydroxylation sites is 1. The van der Waals surface area contributed by atoms with E-state index in [4.69, 9.17) is 4.74 Å². The van der Waals surface area contributed by atoms with Crippen molar-refractivity contribution in [1.82, 2.24) is 10.3 Å². The smallest absolute Gasteiger partial charge is 0.255 e. The van der Waals surface area contributed by atoms with E-state index in [1.165, 1.54) is 11.3 Å². The first-order chi connectivity index (χ1) is 9.22. The van der Waals surface area contributed by atoms with Crippen molar-refractivity contribution in [2.75, 3.05) is 6.61 Å². The Bertz CT molecular complexity index is 540. The van der Waals surface area contributed by atoms with Gasteiger partial charge in [0, 0.05) is 11.1 Å². The largest absolute Gasteiger partial charge is 0.493 e. The molecule has 0 saturated heterocycles. The Hall–Kier alpha value is -1.88. The number of thiazole rings is 1. The van der Waals surface area contributed by atoms with Crippen molar-refractivity contribution >= 4 is 17.2 Å². The van der Waals surface area contributed by atoms with Crippen molar-refractivity contribution in [3.8, 4) is 5.75 Å². The van der Waals surface area contributed by atoms with Gasteiger partial charge in [-0.15, -0.1) is 11.3 Å². The molecule has 0 spiro atoms. The highest BCUT2D eigenvalue weighted by Gasteiger charge is 2.15. The molecule has 0 radical (unpaired) electrons. The van der Waals surface area contributed by atoms with Crippen LogP contribution < -0.4 is 10.1 Å². The molecule has 0 bridgehead atoms. The average Bonchev–Trinajstić information content (AvgIpc) is 2.93. The first kappa shape index (κ1) is 13.5. The summed E-state index contributed by atoms with van der Waals surface area (Å²) in [6.07, 6.45) is 1.77. The van der Waals surface area contributed by atoms with Gasteiger partial charge in [0.25, 0.3) is 5.91 Å². The molecule has 1 amide bonds. The van der Waals surface area contributed by atoms with Crippen LogP contribution in [0.5, 0.6) is 5.75 Å². The average molecular weight is 276 g/mol. The maximum Gasteiger partial charge on any atom is 0.255 e. The molecule has 0 unspecified atom stereocenters. The predicted molar refractivity (Wildman–Crippen MR) is 75.6 cm³/mol. The van der Waals surface area contributed by atoms with Crippen LogP contribution in [-0.2, 0) is 0 Å². The van der Waals surface area contributed by atoms with Gasteiger partial charge in [0.2, 0.25) is 0 Å². The van der Waals surface area contributed by atoms with Crippen molar-refractivity contribution in [2.45, 2.75) is 19.9 Å². The molecule has 0 aliphatic heterocycles. The molecule has 0 saturated carbocycles. The highest BCUT2D eigenvalue weighted by molar-refractivity contribution is 7.09. The Labute approximate surface area is 116 Å². The van der Waals surface area contributed by atoms with E-state index in [0.29, 0.717) is 17.9 Å². The number of benzene rings is 1. The van der Waals surface area contributed by atoms with E-state index < -0.39 is 0 Å². The van der Waals surface area contributed by atoms with Gasteiger partial charge in [-0.3, -0.25) is 9.78 Å². The first-order valence-electron chi connectivity index (χ1n) is 6.13. The lowest BCUT2D eigenvalue weighted by atomic mass is 10.1. The third-order valence-corrected chi connectivity index (χ3v) is 3.62. The number of carbonyl (C=O) groups excluding carboxylic acids is 1. The third-order valence-electron chi connectivity index (χ3n) is 2.66. The molecule has 0 aliphatic carbocycles. The lowest BCUT2D eigenvalue weighted by Crippen LogP contribution is -2.26. The van der Waals surface area contributed by atoms with Crippen LogP contribution >= 0.6 is 11.3 Å². The Kier molecular flexibility index (Phi) is 4.52. The van der Waals surface area contributed by atoms with Crippen molar-refractivity contribution < 1.29 is 9.53 Å². The zero-order chi connectivity index (χ0) is 13.7. The van der Waals surface area contributed by atoms with Gasteiger partial charge in [0.05, 0.1) is 23.7 Å². The fourth-order valence-electron chi connectivity index (χ4n) is 1.72. The Morgan fingerprint density at radius 3 is 2.95 bits per heavy atom. The summed E-state index contributed by atoms with van der Waals surface area (Å²) in [5.41, 5.74) is 2.31. The van der Waals surface area contributed by atoms with E-state index in [1.807, 2.05) is 26.0 Å². The van der Waals surface area contributed by atoms with Crippen LogP contribution in [0.25, 0.3) is 0 Å². The summed E-state index contributed by atoms with van der Waals surface area (Å²) in [5.74, 6) is 0.476. The molecule has 0 aliphatic rings. The summed E-state index contributed by atoms with van der Waals surface area (Å²) in [5, 5.41) is 2.95. The van der Waals surface area contributed by atoms with E-state index in [2.05, 4.69) is 10.3 Å². The van der Waals surface area contributed by atoms with Gasteiger partial charge in [0.15, 0.2) is 0 Å². The number of hydrogen-bond acceptors (Lipinski definition) is 4. The lowest BCUT2D eigenvalue weighted by molar-refractivity contribution is 0.0936. The highest BCUT2D eigenvalue weighted by Crippen LogP contribution is 2.21. The lowest BCUT2D eigenvalue weighted by Gasteiger charge is -2.14. The van der Waals surface area contributed by atoms with Crippen LogP contribution in [0, 0.1) is 0 Å². The molecule has 2 rings (SSSR count). The Morgan fingerprint density at radius 2 is 2.26 bits per heavy atom. The monoisotopic (exact) mass is 276 g/mol. The van der Waals surface area contributed by atoms with Crippen molar-refractivity contribution in [3.05, 3.63) is 46.4 Å². The van der Waals surface area contributed by atoms with Crippen LogP contribution in [-0.4, -0.2) is 17.5 Å². The predicted octanol–water partition coefficient (Wildman–Crippen LogP) is 3.03. The Morgan fingerprint density at radius 1 is 1.47 bits per heavy atom. The van der Waals surface area contributed by atoms with E-state index in [-0.39, 0.29) is 11.9 Å². The van der Waals surface area contributed by atoms with Gasteiger partial charge < -0.3 is 10.1 Å². The molecule has 4 nitrogen and oxygen atoms in total. The number of ether oxygens (including phenoxy) is 1. The molecule has 19 heavy (non-hydrogen) atoms. The normalized spacial score (nSPS) is 11.9. The fraction of sp³-hybridized carbons (Fsp3) is 0.286. The second kappa shape index (κ2) is 6.33. The van der Waals surface area contributed by atoms with Gasteiger partial charge in [-0.2, -0.15) is 0 Å². The number of carbonyl (C=O) groups is 1. The van der Waals surface area contributed by atoms with Crippen LogP contribution in [0.15, 0.2) is 36.0 Å². The summed E-state index contributed by atoms with van der Waals surface area (Å²) in [4.78, 5) is 17.3. The van der Waals surface area contributed by atoms with Gasteiger partial charge in [0.1, 0.15) is 5.75 Å². The number of amides is 1. The second-order valence-corrected chi connectivity index (χ2v) is 4.95. The molecule has 1 aromatic carbocycles. The number of nitrogens with zero attached hydrogens (tertiary/aromatic N) is 1. The number of rotatable bonds is 5. The third kappa shape index (κ3) is 3.32. The quantitative estimate of drug-likeness (QED) is 0.913. The van der Waals surface area contributed by atoms with Gasteiger partial charge >= 0.3 is 0 Å². The van der Waals surface area contributed by atoms with Crippen LogP contribution in [0.1, 0.15) is 35.1 Å². The molecule has 0 fully saturated rings. The Balaban J connectivity index is 2.11. The summed E-state index contributed by atoms with van der Waals surface area (Å²) < 4.78 is 5.46. The molecule has 1 atom stereocenters. The number of hydrogen-bond donors (Lipinski definition) is 1. The number of aromatic nitrogens is 1. The summed E-state index contributed by atoms with van der Waals surface area (Å²) >= 11 is 1.53. The van der Waals surface area contributed by atoms with Crippen molar-refractivity contribution in [2.24, 2.45) is 0 Å². The van der Waals surface area contributed by atoms with E-state index in [1.54, 1.807) is 23.8 Å². The van der Waals surface area contributed by atoms with Gasteiger partial charge in [-0.1, -0.05) is 12.1 Å². The molecule has 1 aromatic heterocycles. The highest BCUT2D eigenvalue weighted by atomic mass is 32.1. The minimum absolute atomic E-state index is 0.0605. The zero-order valence-corrected chi connectivity index (χ0v) is 11.7. The van der Waals surface area contributed by atoms with Crippen LogP contribution in [0.4, 0.5) is 0 Å². The van der Waals surface area contributed by atoms with Crippen molar-refractivity contribution in [1.29, 1.82) is 0 Å². The zero-order valence-electron chi connectivity index (χ0n) is 10.9. The molecular weight excluding hydrogens is 260 g/mol. The minimum atomic E-state index is -0.134. The molecule has 1 N–H and O–H groups in total. The summed E-state index contributed by atoms with van der Waals surface area (Å²) in [6.45, 7) is 4.37. The number of nitrogens with one attached hydrogen (secondary N) is 1. The molecule has 100 valence electrons. The van der Waals surface area contributed by atoms with Gasteiger partial charge in [-0.05, 0) is 26.0 Å². The standard InChI is InChI=1S/C14H16N2O2S/c1-3-18-12-7-5-4-6-11(12)14(17)16-10(2)13-8-15-9-19-13/h4-10H,3H2,1-2H3,(H,16,17)/t10-/m0/s1. The fourth-order valence-corrected chi connectivity index (χ4v) is 2.35. The minimum Gasteiger partial charge on any atom is -0.493 e. The summed E-state index contributed by atoms with van der Waals surface area (Å²) in [7, 11) is 0.